The molecule has 2 rings (SSSR count). The second-order valence-electron chi connectivity index (χ2n) is 4.31. The fourth-order valence-corrected chi connectivity index (χ4v) is 2.56. The van der Waals surface area contributed by atoms with Crippen molar-refractivity contribution in [3.8, 4) is 0 Å². The lowest BCUT2D eigenvalue weighted by Gasteiger charge is -2.05. The smallest absolute Gasteiger partial charge is 0.264 e. The quantitative estimate of drug-likeness (QED) is 0.814. The van der Waals surface area contributed by atoms with Crippen LogP contribution in [0.1, 0.15) is 16.7 Å². The van der Waals surface area contributed by atoms with E-state index in [9.17, 15) is 8.42 Å². The molecule has 0 aliphatic carbocycles. The first kappa shape index (κ1) is 13.1. The van der Waals surface area contributed by atoms with Crippen molar-refractivity contribution in [1.82, 2.24) is 9.78 Å². The molecule has 0 amide bonds. The molecule has 0 fully saturated rings. The van der Waals surface area contributed by atoms with E-state index in [-0.39, 0.29) is 4.90 Å². The molecule has 0 saturated carbocycles. The van der Waals surface area contributed by atoms with Crippen LogP contribution in [-0.2, 0) is 15.6 Å². The highest BCUT2D eigenvalue weighted by atomic mass is 35.7. The van der Waals surface area contributed by atoms with Crippen LogP contribution in [0.15, 0.2) is 35.5 Å². The van der Waals surface area contributed by atoms with Gasteiger partial charge in [0.2, 0.25) is 0 Å². The molecular formula is C12H13ClN2O2S. The van der Waals surface area contributed by atoms with Crippen molar-refractivity contribution in [2.45, 2.75) is 25.3 Å². The molecule has 0 aliphatic rings. The molecule has 1 aromatic heterocycles. The van der Waals surface area contributed by atoms with Gasteiger partial charge in [0.15, 0.2) is 0 Å². The normalized spacial score (nSPS) is 11.7. The Hall–Kier alpha value is -1.33. The van der Waals surface area contributed by atoms with Gasteiger partial charge in [0.25, 0.3) is 9.05 Å². The van der Waals surface area contributed by atoms with E-state index in [4.69, 9.17) is 10.7 Å². The minimum atomic E-state index is -3.70. The zero-order valence-electron chi connectivity index (χ0n) is 10.1. The molecule has 0 spiro atoms. The highest BCUT2D eigenvalue weighted by Crippen LogP contribution is 2.15. The minimum absolute atomic E-state index is 0.0218. The van der Waals surface area contributed by atoms with Gasteiger partial charge in [0, 0.05) is 16.9 Å². The van der Waals surface area contributed by atoms with Crippen molar-refractivity contribution >= 4 is 19.7 Å². The first-order valence-electron chi connectivity index (χ1n) is 5.39. The van der Waals surface area contributed by atoms with Crippen LogP contribution < -0.4 is 0 Å². The average Bonchev–Trinajstić information content (AvgIpc) is 2.63. The predicted molar refractivity (Wildman–Crippen MR) is 70.3 cm³/mol. The summed E-state index contributed by atoms with van der Waals surface area (Å²) in [6, 6.07) is 6.17. The van der Waals surface area contributed by atoms with E-state index in [2.05, 4.69) is 11.2 Å². The molecule has 6 heteroatoms. The van der Waals surface area contributed by atoms with Crippen molar-refractivity contribution in [2.24, 2.45) is 0 Å². The van der Waals surface area contributed by atoms with Crippen LogP contribution in [0.5, 0.6) is 0 Å². The van der Waals surface area contributed by atoms with E-state index in [0.29, 0.717) is 6.54 Å². The highest BCUT2D eigenvalue weighted by molar-refractivity contribution is 8.13. The van der Waals surface area contributed by atoms with Crippen molar-refractivity contribution in [3.05, 3.63) is 47.3 Å². The van der Waals surface area contributed by atoms with E-state index in [1.54, 1.807) is 4.68 Å². The van der Waals surface area contributed by atoms with Crippen LogP contribution in [0.3, 0.4) is 0 Å². The first-order chi connectivity index (χ1) is 8.34. The van der Waals surface area contributed by atoms with E-state index >= 15 is 0 Å². The summed E-state index contributed by atoms with van der Waals surface area (Å²) in [6.45, 7) is 4.57. The van der Waals surface area contributed by atoms with E-state index < -0.39 is 9.05 Å². The van der Waals surface area contributed by atoms with E-state index in [0.717, 1.165) is 5.56 Å². The number of aryl methyl sites for hydroxylation is 2. The molecule has 96 valence electrons. The SMILES string of the molecule is Cc1cc(C)cc(Cn2cc(S(=O)(=O)Cl)cn2)c1. The Kier molecular flexibility index (Phi) is 3.45. The van der Waals surface area contributed by atoms with E-state index in [1.165, 1.54) is 23.5 Å². The fourth-order valence-electron chi connectivity index (χ4n) is 1.90. The molecule has 1 heterocycles. The van der Waals surface area contributed by atoms with Gasteiger partial charge in [-0.2, -0.15) is 5.10 Å². The van der Waals surface area contributed by atoms with Gasteiger partial charge in [-0.15, -0.1) is 0 Å². The third-order valence-corrected chi connectivity index (χ3v) is 3.83. The molecule has 0 radical (unpaired) electrons. The van der Waals surface area contributed by atoms with Gasteiger partial charge in [0.05, 0.1) is 12.7 Å². The zero-order valence-corrected chi connectivity index (χ0v) is 11.7. The Morgan fingerprint density at radius 3 is 2.33 bits per heavy atom. The van der Waals surface area contributed by atoms with Gasteiger partial charge in [-0.3, -0.25) is 4.68 Å². The van der Waals surface area contributed by atoms with Gasteiger partial charge in [0.1, 0.15) is 4.90 Å². The number of rotatable bonds is 3. The summed E-state index contributed by atoms with van der Waals surface area (Å²) >= 11 is 0. The number of hydrogen-bond donors (Lipinski definition) is 0. The van der Waals surface area contributed by atoms with Crippen molar-refractivity contribution < 1.29 is 8.42 Å². The third-order valence-electron chi connectivity index (χ3n) is 2.52. The largest absolute Gasteiger partial charge is 0.267 e. The van der Waals surface area contributed by atoms with Crippen molar-refractivity contribution in [1.29, 1.82) is 0 Å². The maximum atomic E-state index is 11.1. The number of halogens is 1. The van der Waals surface area contributed by atoms with Crippen LogP contribution in [0.25, 0.3) is 0 Å². The lowest BCUT2D eigenvalue weighted by Crippen LogP contribution is -2.00. The monoisotopic (exact) mass is 284 g/mol. The second kappa shape index (κ2) is 4.74. The van der Waals surface area contributed by atoms with Gasteiger partial charge in [-0.25, -0.2) is 8.42 Å². The zero-order chi connectivity index (χ0) is 13.3. The summed E-state index contributed by atoms with van der Waals surface area (Å²) in [7, 11) is 1.54. The summed E-state index contributed by atoms with van der Waals surface area (Å²) in [4.78, 5) is 0.0218. The standard InChI is InChI=1S/C12H13ClN2O2S/c1-9-3-10(2)5-11(4-9)7-15-8-12(6-14-15)18(13,16)17/h3-6,8H,7H2,1-2H3. The summed E-state index contributed by atoms with van der Waals surface area (Å²) in [5.41, 5.74) is 3.42. The molecular weight excluding hydrogens is 272 g/mol. The average molecular weight is 285 g/mol. The van der Waals surface area contributed by atoms with Crippen LogP contribution in [-0.4, -0.2) is 18.2 Å². The molecule has 2 aromatic rings. The van der Waals surface area contributed by atoms with Crippen LogP contribution in [0, 0.1) is 13.8 Å². The van der Waals surface area contributed by atoms with Crippen LogP contribution >= 0.6 is 10.7 Å². The summed E-state index contributed by atoms with van der Waals surface area (Å²) < 4.78 is 23.8. The summed E-state index contributed by atoms with van der Waals surface area (Å²) in [5, 5.41) is 3.99. The lowest BCUT2D eigenvalue weighted by atomic mass is 10.1. The maximum absolute atomic E-state index is 11.1. The summed E-state index contributed by atoms with van der Waals surface area (Å²) in [6.07, 6.45) is 2.69. The lowest BCUT2D eigenvalue weighted by molar-refractivity contribution is 0.609. The Morgan fingerprint density at radius 1 is 1.22 bits per heavy atom. The van der Waals surface area contributed by atoms with Gasteiger partial charge < -0.3 is 0 Å². The Labute approximate surface area is 111 Å². The fraction of sp³-hybridized carbons (Fsp3) is 0.250. The first-order valence-corrected chi connectivity index (χ1v) is 7.70. The number of aromatic nitrogens is 2. The highest BCUT2D eigenvalue weighted by Gasteiger charge is 2.12. The van der Waals surface area contributed by atoms with Gasteiger partial charge in [-0.05, 0) is 19.4 Å². The van der Waals surface area contributed by atoms with Crippen molar-refractivity contribution in [3.63, 3.8) is 0 Å². The molecule has 0 unspecified atom stereocenters. The Morgan fingerprint density at radius 2 is 1.83 bits per heavy atom. The third kappa shape index (κ3) is 3.11. The molecule has 0 bridgehead atoms. The Bertz CT molecular complexity index is 657. The minimum Gasteiger partial charge on any atom is -0.267 e. The molecule has 0 atom stereocenters. The molecule has 4 nitrogen and oxygen atoms in total. The van der Waals surface area contributed by atoms with Gasteiger partial charge in [-0.1, -0.05) is 29.3 Å². The number of benzene rings is 1. The second-order valence-corrected chi connectivity index (χ2v) is 6.87. The predicted octanol–water partition coefficient (Wildman–Crippen LogP) is 2.48. The topological polar surface area (TPSA) is 52.0 Å². The molecule has 0 N–H and O–H groups in total. The van der Waals surface area contributed by atoms with Gasteiger partial charge >= 0.3 is 0 Å². The van der Waals surface area contributed by atoms with Crippen LogP contribution in [0.4, 0.5) is 0 Å². The van der Waals surface area contributed by atoms with E-state index in [1.807, 2.05) is 26.0 Å². The molecule has 0 aliphatic heterocycles. The number of nitrogens with zero attached hydrogens (tertiary/aromatic N) is 2. The van der Waals surface area contributed by atoms with Crippen molar-refractivity contribution in [2.75, 3.05) is 0 Å². The molecule has 0 saturated heterocycles. The molecule has 18 heavy (non-hydrogen) atoms. The Balaban J connectivity index is 2.27. The van der Waals surface area contributed by atoms with Crippen LogP contribution in [0.2, 0.25) is 0 Å². The summed E-state index contributed by atoms with van der Waals surface area (Å²) in [5.74, 6) is 0. The number of hydrogen-bond acceptors (Lipinski definition) is 3. The maximum Gasteiger partial charge on any atom is 0.264 e. The molecule has 1 aromatic carbocycles.